The number of carbonyl (C=O) groups is 2. The van der Waals surface area contributed by atoms with Crippen molar-refractivity contribution in [3.05, 3.63) is 29.8 Å². The Bertz CT molecular complexity index is 498. The van der Waals surface area contributed by atoms with Gasteiger partial charge in [-0.3, -0.25) is 9.59 Å². The van der Waals surface area contributed by atoms with Crippen molar-refractivity contribution < 1.29 is 14.3 Å². The summed E-state index contributed by atoms with van der Waals surface area (Å²) in [6.07, 6.45) is 1.71. The van der Waals surface area contributed by atoms with Crippen LogP contribution in [0.15, 0.2) is 24.3 Å². The topological polar surface area (TPSA) is 79.2 Å². The Morgan fingerprint density at radius 3 is 2.56 bits per heavy atom. The Hall–Kier alpha value is -2.35. The summed E-state index contributed by atoms with van der Waals surface area (Å²) < 4.78 is 4.84. The Labute approximate surface area is 104 Å². The van der Waals surface area contributed by atoms with Crippen molar-refractivity contribution in [2.24, 2.45) is 5.92 Å². The molecule has 92 valence electrons. The van der Waals surface area contributed by atoms with Crippen LogP contribution >= 0.6 is 0 Å². The maximum absolute atomic E-state index is 11.5. The van der Waals surface area contributed by atoms with Crippen LogP contribution in [0.5, 0.6) is 0 Å². The quantitative estimate of drug-likeness (QED) is 0.813. The number of amides is 1. The molecule has 1 saturated carbocycles. The molecule has 5 heteroatoms. The minimum Gasteiger partial charge on any atom is -0.455 e. The van der Waals surface area contributed by atoms with Gasteiger partial charge >= 0.3 is 5.97 Å². The van der Waals surface area contributed by atoms with Gasteiger partial charge in [0.15, 0.2) is 6.61 Å². The smallest absolute Gasteiger partial charge is 0.309 e. The summed E-state index contributed by atoms with van der Waals surface area (Å²) in [5, 5.41) is 11.2. The Morgan fingerprint density at radius 2 is 2.00 bits per heavy atom. The fraction of sp³-hybridized carbons (Fsp3) is 0.308. The van der Waals surface area contributed by atoms with Crippen molar-refractivity contribution in [2.75, 3.05) is 11.9 Å². The van der Waals surface area contributed by atoms with Gasteiger partial charge in [0.25, 0.3) is 5.91 Å². The third-order valence-corrected chi connectivity index (χ3v) is 2.55. The first-order chi connectivity index (χ1) is 8.69. The number of carbonyl (C=O) groups excluding carboxylic acids is 2. The second-order valence-corrected chi connectivity index (χ2v) is 4.12. The fourth-order valence-electron chi connectivity index (χ4n) is 1.40. The van der Waals surface area contributed by atoms with Crippen molar-refractivity contribution in [2.45, 2.75) is 12.8 Å². The number of esters is 1. The molecule has 1 fully saturated rings. The first-order valence-electron chi connectivity index (χ1n) is 5.65. The van der Waals surface area contributed by atoms with Gasteiger partial charge in [-0.15, -0.1) is 0 Å². The molecule has 1 N–H and O–H groups in total. The van der Waals surface area contributed by atoms with E-state index in [0.29, 0.717) is 11.3 Å². The molecule has 0 unspecified atom stereocenters. The molecule has 1 aliphatic carbocycles. The van der Waals surface area contributed by atoms with E-state index in [2.05, 4.69) is 5.32 Å². The predicted molar refractivity (Wildman–Crippen MR) is 63.5 cm³/mol. The van der Waals surface area contributed by atoms with E-state index in [9.17, 15) is 9.59 Å². The van der Waals surface area contributed by atoms with E-state index in [1.807, 2.05) is 6.07 Å². The maximum atomic E-state index is 11.5. The molecule has 0 aromatic heterocycles. The summed E-state index contributed by atoms with van der Waals surface area (Å²) in [5.74, 6) is -0.689. The molecule has 0 saturated heterocycles. The number of anilines is 1. The lowest BCUT2D eigenvalue weighted by molar-refractivity contribution is -0.148. The molecule has 18 heavy (non-hydrogen) atoms. The summed E-state index contributed by atoms with van der Waals surface area (Å²) in [6.45, 7) is -0.269. The first kappa shape index (κ1) is 12.1. The monoisotopic (exact) mass is 244 g/mol. The highest BCUT2D eigenvalue weighted by Crippen LogP contribution is 2.29. The number of nitrogens with one attached hydrogen (secondary N) is 1. The van der Waals surface area contributed by atoms with Crippen LogP contribution in [0.3, 0.4) is 0 Å². The van der Waals surface area contributed by atoms with E-state index < -0.39 is 0 Å². The van der Waals surface area contributed by atoms with E-state index in [0.717, 1.165) is 12.8 Å². The van der Waals surface area contributed by atoms with E-state index in [-0.39, 0.29) is 24.4 Å². The lowest BCUT2D eigenvalue weighted by atomic mass is 10.2. The highest BCUT2D eigenvalue weighted by atomic mass is 16.5. The molecule has 0 radical (unpaired) electrons. The fourth-order valence-corrected chi connectivity index (χ4v) is 1.40. The molecule has 1 aromatic rings. The normalized spacial score (nSPS) is 13.5. The minimum absolute atomic E-state index is 0.00675. The number of hydrogen-bond acceptors (Lipinski definition) is 4. The van der Waals surface area contributed by atoms with Crippen LogP contribution < -0.4 is 5.32 Å². The lowest BCUT2D eigenvalue weighted by Gasteiger charge is -2.06. The Kier molecular flexibility index (Phi) is 3.58. The Morgan fingerprint density at radius 1 is 1.33 bits per heavy atom. The van der Waals surface area contributed by atoms with E-state index in [4.69, 9.17) is 10.00 Å². The zero-order chi connectivity index (χ0) is 13.0. The van der Waals surface area contributed by atoms with Gasteiger partial charge in [-0.05, 0) is 37.1 Å². The lowest BCUT2D eigenvalue weighted by Crippen LogP contribution is -2.21. The largest absolute Gasteiger partial charge is 0.455 e. The second-order valence-electron chi connectivity index (χ2n) is 4.12. The zero-order valence-electron chi connectivity index (χ0n) is 9.68. The van der Waals surface area contributed by atoms with Crippen molar-refractivity contribution in [3.63, 3.8) is 0 Å². The van der Waals surface area contributed by atoms with Crippen LogP contribution in [0.2, 0.25) is 0 Å². The van der Waals surface area contributed by atoms with Crippen LogP contribution in [0.1, 0.15) is 18.4 Å². The van der Waals surface area contributed by atoms with E-state index in [1.165, 1.54) is 0 Å². The van der Waals surface area contributed by atoms with E-state index in [1.54, 1.807) is 24.3 Å². The first-order valence-corrected chi connectivity index (χ1v) is 5.65. The highest BCUT2D eigenvalue weighted by molar-refractivity contribution is 5.93. The van der Waals surface area contributed by atoms with Gasteiger partial charge in [-0.1, -0.05) is 0 Å². The van der Waals surface area contributed by atoms with Crippen molar-refractivity contribution in [3.8, 4) is 6.07 Å². The van der Waals surface area contributed by atoms with Gasteiger partial charge in [0.1, 0.15) is 0 Å². The van der Waals surface area contributed by atoms with Crippen molar-refractivity contribution in [1.29, 1.82) is 5.26 Å². The van der Waals surface area contributed by atoms with E-state index >= 15 is 0 Å². The highest BCUT2D eigenvalue weighted by Gasteiger charge is 2.31. The molecule has 0 heterocycles. The summed E-state index contributed by atoms with van der Waals surface area (Å²) in [5.41, 5.74) is 1.09. The van der Waals surface area contributed by atoms with Crippen molar-refractivity contribution in [1.82, 2.24) is 0 Å². The summed E-state index contributed by atoms with van der Waals surface area (Å²) in [7, 11) is 0. The van der Waals surface area contributed by atoms with Gasteiger partial charge < -0.3 is 10.1 Å². The third kappa shape index (κ3) is 3.32. The van der Waals surface area contributed by atoms with Gasteiger partial charge in [-0.25, -0.2) is 0 Å². The SMILES string of the molecule is N#Cc1ccc(NC(=O)COC(=O)C2CC2)cc1. The second kappa shape index (κ2) is 5.32. The molecule has 0 spiro atoms. The molecular weight excluding hydrogens is 232 g/mol. The number of hydrogen-bond donors (Lipinski definition) is 1. The van der Waals surface area contributed by atoms with Gasteiger partial charge in [0, 0.05) is 5.69 Å². The van der Waals surface area contributed by atoms with Crippen LogP contribution in [-0.4, -0.2) is 18.5 Å². The molecule has 5 nitrogen and oxygen atoms in total. The number of rotatable bonds is 4. The van der Waals surface area contributed by atoms with Gasteiger partial charge in [0.05, 0.1) is 17.6 Å². The summed E-state index contributed by atoms with van der Waals surface area (Å²) in [6, 6.07) is 8.44. The number of nitrogens with zero attached hydrogens (tertiary/aromatic N) is 1. The minimum atomic E-state index is -0.381. The average Bonchev–Trinajstić information content (AvgIpc) is 3.21. The molecule has 2 rings (SSSR count). The van der Waals surface area contributed by atoms with Gasteiger partial charge in [0.2, 0.25) is 0 Å². The van der Waals surface area contributed by atoms with Crippen molar-refractivity contribution >= 4 is 17.6 Å². The third-order valence-electron chi connectivity index (χ3n) is 2.55. The van der Waals surface area contributed by atoms with Crippen LogP contribution in [-0.2, 0) is 14.3 Å². The number of ether oxygens (including phenoxy) is 1. The average molecular weight is 244 g/mol. The molecule has 0 atom stereocenters. The van der Waals surface area contributed by atoms with Crippen LogP contribution in [0.25, 0.3) is 0 Å². The Balaban J connectivity index is 1.79. The van der Waals surface area contributed by atoms with Crippen LogP contribution in [0.4, 0.5) is 5.69 Å². The number of benzene rings is 1. The summed E-state index contributed by atoms with van der Waals surface area (Å²) >= 11 is 0. The molecule has 1 aliphatic rings. The molecule has 1 amide bonds. The molecular formula is C13H12N2O3. The van der Waals surface area contributed by atoms with Crippen LogP contribution in [0, 0.1) is 17.2 Å². The predicted octanol–water partition coefficient (Wildman–Crippen LogP) is 1.45. The zero-order valence-corrected chi connectivity index (χ0v) is 9.68. The number of nitriles is 1. The van der Waals surface area contributed by atoms with Gasteiger partial charge in [-0.2, -0.15) is 5.26 Å². The maximum Gasteiger partial charge on any atom is 0.309 e. The standard InChI is InChI=1S/C13H12N2O3/c14-7-9-1-5-11(6-2-9)15-12(16)8-18-13(17)10-3-4-10/h1-2,5-6,10H,3-4,8H2,(H,15,16). The summed E-state index contributed by atoms with van der Waals surface area (Å²) in [4.78, 5) is 22.7. The molecule has 1 aromatic carbocycles. The molecule has 0 bridgehead atoms. The molecule has 0 aliphatic heterocycles.